The molecule has 1 saturated heterocycles. The molecule has 12 heteroatoms. The van der Waals surface area contributed by atoms with Crippen molar-refractivity contribution >= 4 is 75.1 Å². The molecular formula is C20H16I2N2O8. The van der Waals surface area contributed by atoms with Crippen LogP contribution < -0.4 is 10.1 Å². The molecule has 1 fully saturated rings. The van der Waals surface area contributed by atoms with Gasteiger partial charge in [-0.25, -0.2) is 14.4 Å². The van der Waals surface area contributed by atoms with Gasteiger partial charge in [-0.05, 0) is 88.0 Å². The first-order valence-electron chi connectivity index (χ1n) is 9.00. The minimum Gasteiger partial charge on any atom is -0.479 e. The summed E-state index contributed by atoms with van der Waals surface area (Å²) in [4.78, 5) is 48.5. The number of amides is 3. The van der Waals surface area contributed by atoms with E-state index in [0.717, 1.165) is 4.90 Å². The predicted molar refractivity (Wildman–Crippen MR) is 127 cm³/mol. The molecule has 2 heterocycles. The Morgan fingerprint density at radius 1 is 1.25 bits per heavy atom. The number of halogens is 2. The van der Waals surface area contributed by atoms with Crippen LogP contribution in [0, 0.1) is 7.14 Å². The number of hydrogen-bond acceptors (Lipinski definition) is 7. The number of imide groups is 1. The van der Waals surface area contributed by atoms with Crippen molar-refractivity contribution in [2.45, 2.75) is 19.6 Å². The molecule has 2 aromatic rings. The van der Waals surface area contributed by atoms with E-state index in [2.05, 4.69) is 10.1 Å². The summed E-state index contributed by atoms with van der Waals surface area (Å²) >= 11 is 4.02. The second-order valence-corrected chi connectivity index (χ2v) is 8.87. The zero-order valence-corrected chi connectivity index (χ0v) is 21.0. The second-order valence-electron chi connectivity index (χ2n) is 6.55. The molecule has 0 aliphatic carbocycles. The summed E-state index contributed by atoms with van der Waals surface area (Å²) in [5, 5.41) is 11.6. The van der Waals surface area contributed by atoms with Crippen molar-refractivity contribution in [3.63, 3.8) is 0 Å². The lowest BCUT2D eigenvalue weighted by Gasteiger charge is -2.14. The molecule has 168 valence electrons. The Morgan fingerprint density at radius 3 is 2.50 bits per heavy atom. The van der Waals surface area contributed by atoms with Gasteiger partial charge in [-0.2, -0.15) is 0 Å². The number of carboxylic acid groups (broad SMARTS) is 1. The Balaban J connectivity index is 1.79. The van der Waals surface area contributed by atoms with Crippen molar-refractivity contribution < 1.29 is 38.2 Å². The first kappa shape index (κ1) is 24.0. The molecule has 32 heavy (non-hydrogen) atoms. The third-order valence-corrected chi connectivity index (χ3v) is 5.90. The Labute approximate surface area is 209 Å². The van der Waals surface area contributed by atoms with E-state index in [1.807, 2.05) is 45.2 Å². The quantitative estimate of drug-likeness (QED) is 0.199. The molecule has 3 amide bonds. The van der Waals surface area contributed by atoms with Crippen molar-refractivity contribution in [1.82, 2.24) is 10.2 Å². The molecule has 1 aliphatic heterocycles. The van der Waals surface area contributed by atoms with Gasteiger partial charge >= 0.3 is 18.0 Å². The van der Waals surface area contributed by atoms with Gasteiger partial charge in [-0.1, -0.05) is 0 Å². The molecule has 1 atom stereocenters. The van der Waals surface area contributed by atoms with Crippen molar-refractivity contribution in [1.29, 1.82) is 0 Å². The zero-order chi connectivity index (χ0) is 23.6. The van der Waals surface area contributed by atoms with Gasteiger partial charge in [0.15, 0.2) is 6.10 Å². The van der Waals surface area contributed by atoms with Crippen molar-refractivity contribution in [3.05, 3.63) is 54.2 Å². The van der Waals surface area contributed by atoms with Crippen molar-refractivity contribution in [2.24, 2.45) is 0 Å². The first-order chi connectivity index (χ1) is 15.1. The van der Waals surface area contributed by atoms with Gasteiger partial charge in [0.25, 0.3) is 5.91 Å². The van der Waals surface area contributed by atoms with Gasteiger partial charge < -0.3 is 24.3 Å². The van der Waals surface area contributed by atoms with Crippen LogP contribution >= 0.6 is 45.2 Å². The van der Waals surface area contributed by atoms with E-state index in [1.54, 1.807) is 12.1 Å². The predicted octanol–water partition coefficient (Wildman–Crippen LogP) is 3.22. The lowest BCUT2D eigenvalue weighted by molar-refractivity contribution is -0.144. The summed E-state index contributed by atoms with van der Waals surface area (Å²) in [5.41, 5.74) is 0.680. The molecule has 0 radical (unpaired) electrons. The fraction of sp³-hybridized carbons (Fsp3) is 0.200. The van der Waals surface area contributed by atoms with Crippen LogP contribution in [-0.2, 0) is 20.9 Å². The maximum absolute atomic E-state index is 12.7. The largest absolute Gasteiger partial charge is 0.479 e. The minimum absolute atomic E-state index is 0.0333. The van der Waals surface area contributed by atoms with Crippen LogP contribution in [0.25, 0.3) is 6.08 Å². The Kier molecular flexibility index (Phi) is 7.43. The van der Waals surface area contributed by atoms with Crippen LogP contribution in [0.5, 0.6) is 5.75 Å². The highest BCUT2D eigenvalue weighted by atomic mass is 127. The number of carboxylic acids is 1. The van der Waals surface area contributed by atoms with Gasteiger partial charge in [-0.15, -0.1) is 0 Å². The Hall–Kier alpha value is -2.62. The standard InChI is InChI=1S/C20H16I2N2O8/c1-9(18(26)27)31-16-12(21)5-10(6-13(16)22)7-14-17(25)24(20(29)23-14)8-11-3-4-15(32-11)19(28)30-2/h3-7,9H,8H2,1-2H3,(H,23,29)(H,26,27)/b14-7-/t9-/m0/s1. The molecule has 0 saturated carbocycles. The number of nitrogens with zero attached hydrogens (tertiary/aromatic N) is 1. The number of aliphatic carboxylic acids is 1. The summed E-state index contributed by atoms with van der Waals surface area (Å²) < 4.78 is 16.7. The lowest BCUT2D eigenvalue weighted by atomic mass is 10.2. The molecule has 1 aromatic heterocycles. The monoisotopic (exact) mass is 666 g/mol. The summed E-state index contributed by atoms with van der Waals surface area (Å²) in [6.45, 7) is 1.27. The van der Waals surface area contributed by atoms with Crippen LogP contribution in [-0.4, -0.2) is 47.1 Å². The third kappa shape index (κ3) is 5.23. The number of hydrogen-bond donors (Lipinski definition) is 2. The number of ether oxygens (including phenoxy) is 2. The minimum atomic E-state index is -1.09. The first-order valence-corrected chi connectivity index (χ1v) is 11.2. The molecule has 2 N–H and O–H groups in total. The summed E-state index contributed by atoms with van der Waals surface area (Å²) in [6, 6.07) is 5.66. The number of esters is 1. The van der Waals surface area contributed by atoms with Crippen LogP contribution in [0.3, 0.4) is 0 Å². The molecule has 1 aromatic carbocycles. The topological polar surface area (TPSA) is 135 Å². The van der Waals surface area contributed by atoms with Gasteiger partial charge in [0.1, 0.15) is 17.2 Å². The van der Waals surface area contributed by atoms with Crippen molar-refractivity contribution in [3.8, 4) is 5.75 Å². The molecule has 0 spiro atoms. The van der Waals surface area contributed by atoms with Crippen LogP contribution in [0.4, 0.5) is 4.79 Å². The zero-order valence-electron chi connectivity index (χ0n) is 16.7. The number of rotatable bonds is 7. The number of methoxy groups -OCH3 is 1. The fourth-order valence-corrected chi connectivity index (χ4v) is 4.78. The number of nitrogens with one attached hydrogen (secondary N) is 1. The highest BCUT2D eigenvalue weighted by molar-refractivity contribution is 14.1. The number of urea groups is 1. The maximum atomic E-state index is 12.7. The van der Waals surface area contributed by atoms with E-state index in [1.165, 1.54) is 32.2 Å². The SMILES string of the molecule is COC(=O)c1ccc(CN2C(=O)N/C(=C\c3cc(I)c(O[C@@H](C)C(=O)O)c(I)c3)C2=O)o1. The highest BCUT2D eigenvalue weighted by Gasteiger charge is 2.34. The average Bonchev–Trinajstić information content (AvgIpc) is 3.30. The highest BCUT2D eigenvalue weighted by Crippen LogP contribution is 2.31. The van der Waals surface area contributed by atoms with Gasteiger partial charge in [0.05, 0.1) is 20.8 Å². The number of furan rings is 1. The molecule has 1 aliphatic rings. The molecular weight excluding hydrogens is 650 g/mol. The van der Waals surface area contributed by atoms with E-state index >= 15 is 0 Å². The van der Waals surface area contributed by atoms with Crippen LogP contribution in [0.15, 0.2) is 34.4 Å². The van der Waals surface area contributed by atoms with E-state index in [0.29, 0.717) is 18.5 Å². The van der Waals surface area contributed by atoms with E-state index in [9.17, 15) is 19.2 Å². The van der Waals surface area contributed by atoms with E-state index in [-0.39, 0.29) is 23.8 Å². The summed E-state index contributed by atoms with van der Waals surface area (Å²) in [5.74, 6) is -1.68. The normalized spacial score (nSPS) is 15.6. The number of benzene rings is 1. The number of carbonyl (C=O) groups is 4. The molecule has 0 unspecified atom stereocenters. The number of carbonyl (C=O) groups excluding carboxylic acids is 3. The van der Waals surface area contributed by atoms with Gasteiger partial charge in [0.2, 0.25) is 5.76 Å². The van der Waals surface area contributed by atoms with E-state index < -0.39 is 30.0 Å². The molecule has 0 bridgehead atoms. The molecule has 10 nitrogen and oxygen atoms in total. The maximum Gasteiger partial charge on any atom is 0.373 e. The third-order valence-electron chi connectivity index (χ3n) is 4.30. The van der Waals surface area contributed by atoms with Crippen molar-refractivity contribution in [2.75, 3.05) is 7.11 Å². The second kappa shape index (κ2) is 9.89. The lowest BCUT2D eigenvalue weighted by Crippen LogP contribution is -2.30. The average molecular weight is 666 g/mol. The van der Waals surface area contributed by atoms with Gasteiger partial charge in [-0.3, -0.25) is 9.69 Å². The van der Waals surface area contributed by atoms with Crippen LogP contribution in [0.1, 0.15) is 28.8 Å². The van der Waals surface area contributed by atoms with Gasteiger partial charge in [0, 0.05) is 0 Å². The Bertz CT molecular complexity index is 1120. The smallest absolute Gasteiger partial charge is 0.373 e. The fourth-order valence-electron chi connectivity index (χ4n) is 2.71. The molecule has 3 rings (SSSR count). The van der Waals surface area contributed by atoms with Crippen LogP contribution in [0.2, 0.25) is 0 Å². The van der Waals surface area contributed by atoms with E-state index in [4.69, 9.17) is 14.3 Å². The summed E-state index contributed by atoms with van der Waals surface area (Å²) in [7, 11) is 1.22. The Morgan fingerprint density at radius 2 is 1.91 bits per heavy atom. The summed E-state index contributed by atoms with van der Waals surface area (Å²) in [6.07, 6.45) is 0.489.